The summed E-state index contributed by atoms with van der Waals surface area (Å²) in [6.07, 6.45) is 3.77. The SMILES string of the molecule is CCn1c2ccc(-c3cccc(NC(C)=O)c3)cc2c2ccncc21. The molecule has 0 aliphatic carbocycles. The van der Waals surface area contributed by atoms with E-state index in [2.05, 4.69) is 52.1 Å². The number of nitrogens with one attached hydrogen (secondary N) is 1. The van der Waals surface area contributed by atoms with Crippen LogP contribution in [0.1, 0.15) is 13.8 Å². The number of rotatable bonds is 3. The molecule has 2 aromatic carbocycles. The monoisotopic (exact) mass is 329 g/mol. The summed E-state index contributed by atoms with van der Waals surface area (Å²) in [6.45, 7) is 4.58. The molecule has 124 valence electrons. The normalized spacial score (nSPS) is 11.1. The van der Waals surface area contributed by atoms with Crippen molar-refractivity contribution in [2.75, 3.05) is 5.32 Å². The molecule has 0 aliphatic rings. The topological polar surface area (TPSA) is 46.9 Å². The molecule has 0 spiro atoms. The van der Waals surface area contributed by atoms with Crippen molar-refractivity contribution in [1.82, 2.24) is 9.55 Å². The van der Waals surface area contributed by atoms with Crippen LogP contribution in [-0.2, 0) is 11.3 Å². The molecule has 0 radical (unpaired) electrons. The summed E-state index contributed by atoms with van der Waals surface area (Å²) in [5, 5.41) is 5.28. The van der Waals surface area contributed by atoms with Gasteiger partial charge in [0.2, 0.25) is 5.91 Å². The molecule has 2 heterocycles. The number of anilines is 1. The minimum atomic E-state index is -0.0638. The third kappa shape index (κ3) is 2.66. The lowest BCUT2D eigenvalue weighted by Gasteiger charge is -2.07. The van der Waals surface area contributed by atoms with Crippen LogP contribution < -0.4 is 5.32 Å². The number of carbonyl (C=O) groups excluding carboxylic acids is 1. The summed E-state index contributed by atoms with van der Waals surface area (Å²) in [5.41, 5.74) is 5.40. The summed E-state index contributed by atoms with van der Waals surface area (Å²) in [7, 11) is 0. The number of nitrogens with zero attached hydrogens (tertiary/aromatic N) is 2. The van der Waals surface area contributed by atoms with Crippen LogP contribution in [0.4, 0.5) is 5.69 Å². The van der Waals surface area contributed by atoms with Gasteiger partial charge in [-0.1, -0.05) is 18.2 Å². The maximum atomic E-state index is 11.3. The molecular formula is C21H19N3O. The quantitative estimate of drug-likeness (QED) is 0.585. The van der Waals surface area contributed by atoms with Gasteiger partial charge in [0.1, 0.15) is 0 Å². The Morgan fingerprint density at radius 1 is 1.04 bits per heavy atom. The van der Waals surface area contributed by atoms with Crippen molar-refractivity contribution in [2.45, 2.75) is 20.4 Å². The number of hydrogen-bond acceptors (Lipinski definition) is 2. The zero-order chi connectivity index (χ0) is 17.4. The molecular weight excluding hydrogens is 310 g/mol. The van der Waals surface area contributed by atoms with Crippen LogP contribution in [0.15, 0.2) is 60.9 Å². The zero-order valence-corrected chi connectivity index (χ0v) is 14.3. The number of pyridine rings is 1. The summed E-state index contributed by atoms with van der Waals surface area (Å²) in [6, 6.07) is 16.5. The number of benzene rings is 2. The van der Waals surface area contributed by atoms with Crippen molar-refractivity contribution in [1.29, 1.82) is 0 Å². The average molecular weight is 329 g/mol. The van der Waals surface area contributed by atoms with Crippen LogP contribution in [0.3, 0.4) is 0 Å². The average Bonchev–Trinajstić information content (AvgIpc) is 2.94. The number of amides is 1. The number of aromatic nitrogens is 2. The first-order valence-corrected chi connectivity index (χ1v) is 8.41. The predicted octanol–water partition coefficient (Wildman–Crippen LogP) is 4.83. The molecule has 0 aliphatic heterocycles. The van der Waals surface area contributed by atoms with Crippen LogP contribution in [0, 0.1) is 0 Å². The molecule has 0 fully saturated rings. The van der Waals surface area contributed by atoms with Gasteiger partial charge in [-0.2, -0.15) is 0 Å². The van der Waals surface area contributed by atoms with E-state index in [4.69, 9.17) is 0 Å². The van der Waals surface area contributed by atoms with Crippen LogP contribution in [0.25, 0.3) is 32.9 Å². The molecule has 0 saturated carbocycles. The van der Waals surface area contributed by atoms with Gasteiger partial charge in [-0.25, -0.2) is 0 Å². The molecule has 25 heavy (non-hydrogen) atoms. The van der Waals surface area contributed by atoms with Crippen LogP contribution in [-0.4, -0.2) is 15.5 Å². The Kier molecular flexibility index (Phi) is 3.73. The Bertz CT molecular complexity index is 1090. The fraction of sp³-hybridized carbons (Fsp3) is 0.143. The van der Waals surface area contributed by atoms with Gasteiger partial charge < -0.3 is 9.88 Å². The van der Waals surface area contributed by atoms with Crippen molar-refractivity contribution < 1.29 is 4.79 Å². The fourth-order valence-corrected chi connectivity index (χ4v) is 3.45. The number of carbonyl (C=O) groups is 1. The minimum absolute atomic E-state index is 0.0638. The predicted molar refractivity (Wildman–Crippen MR) is 103 cm³/mol. The van der Waals surface area contributed by atoms with E-state index in [-0.39, 0.29) is 5.91 Å². The Morgan fingerprint density at radius 3 is 2.68 bits per heavy atom. The highest BCUT2D eigenvalue weighted by Gasteiger charge is 2.11. The van der Waals surface area contributed by atoms with Crippen molar-refractivity contribution >= 4 is 33.4 Å². The second kappa shape index (κ2) is 6.06. The number of aryl methyl sites for hydroxylation is 1. The van der Waals surface area contributed by atoms with Gasteiger partial charge in [0.05, 0.1) is 11.7 Å². The van der Waals surface area contributed by atoms with Crippen molar-refractivity contribution in [3.05, 3.63) is 60.9 Å². The molecule has 4 nitrogen and oxygen atoms in total. The third-order valence-corrected chi connectivity index (χ3v) is 4.50. The Hall–Kier alpha value is -3.14. The highest BCUT2D eigenvalue weighted by Crippen LogP contribution is 2.32. The molecule has 1 N–H and O–H groups in total. The number of hydrogen-bond donors (Lipinski definition) is 1. The zero-order valence-electron chi connectivity index (χ0n) is 14.3. The van der Waals surface area contributed by atoms with Crippen molar-refractivity contribution in [3.8, 4) is 11.1 Å². The van der Waals surface area contributed by atoms with E-state index in [1.807, 2.05) is 30.6 Å². The third-order valence-electron chi connectivity index (χ3n) is 4.50. The summed E-state index contributed by atoms with van der Waals surface area (Å²) in [5.74, 6) is -0.0638. The molecule has 1 amide bonds. The van der Waals surface area contributed by atoms with Crippen LogP contribution >= 0.6 is 0 Å². The van der Waals surface area contributed by atoms with E-state index in [9.17, 15) is 4.79 Å². The number of fused-ring (bicyclic) bond motifs is 3. The Labute approximate surface area is 146 Å². The van der Waals surface area contributed by atoms with Gasteiger partial charge in [0.15, 0.2) is 0 Å². The van der Waals surface area contributed by atoms with Gasteiger partial charge in [0.25, 0.3) is 0 Å². The molecule has 4 heteroatoms. The lowest BCUT2D eigenvalue weighted by molar-refractivity contribution is -0.114. The molecule has 0 unspecified atom stereocenters. The van der Waals surface area contributed by atoms with E-state index in [1.54, 1.807) is 0 Å². The smallest absolute Gasteiger partial charge is 0.221 e. The van der Waals surface area contributed by atoms with E-state index in [0.29, 0.717) is 0 Å². The molecule has 0 saturated heterocycles. The van der Waals surface area contributed by atoms with E-state index in [0.717, 1.165) is 28.9 Å². The lowest BCUT2D eigenvalue weighted by Crippen LogP contribution is -2.05. The van der Waals surface area contributed by atoms with Crippen molar-refractivity contribution in [3.63, 3.8) is 0 Å². The Balaban J connectivity index is 1.90. The summed E-state index contributed by atoms with van der Waals surface area (Å²) in [4.78, 5) is 15.6. The van der Waals surface area contributed by atoms with E-state index in [1.165, 1.54) is 23.2 Å². The van der Waals surface area contributed by atoms with Gasteiger partial charge in [-0.15, -0.1) is 0 Å². The highest BCUT2D eigenvalue weighted by molar-refractivity contribution is 6.09. The highest BCUT2D eigenvalue weighted by atomic mass is 16.1. The second-order valence-corrected chi connectivity index (χ2v) is 6.13. The molecule has 2 aromatic heterocycles. The molecule has 4 rings (SSSR count). The van der Waals surface area contributed by atoms with Crippen molar-refractivity contribution in [2.24, 2.45) is 0 Å². The largest absolute Gasteiger partial charge is 0.339 e. The fourth-order valence-electron chi connectivity index (χ4n) is 3.45. The molecule has 0 bridgehead atoms. The van der Waals surface area contributed by atoms with Gasteiger partial charge in [-0.05, 0) is 48.4 Å². The Morgan fingerprint density at radius 2 is 1.88 bits per heavy atom. The summed E-state index contributed by atoms with van der Waals surface area (Å²) < 4.78 is 2.29. The first kappa shape index (κ1) is 15.4. The molecule has 4 aromatic rings. The minimum Gasteiger partial charge on any atom is -0.339 e. The van der Waals surface area contributed by atoms with E-state index >= 15 is 0 Å². The maximum Gasteiger partial charge on any atom is 0.221 e. The van der Waals surface area contributed by atoms with Crippen LogP contribution in [0.2, 0.25) is 0 Å². The second-order valence-electron chi connectivity index (χ2n) is 6.13. The van der Waals surface area contributed by atoms with Gasteiger partial charge in [-0.3, -0.25) is 9.78 Å². The summed E-state index contributed by atoms with van der Waals surface area (Å²) >= 11 is 0. The van der Waals surface area contributed by atoms with Crippen LogP contribution in [0.5, 0.6) is 0 Å². The van der Waals surface area contributed by atoms with Gasteiger partial charge in [0, 0.05) is 41.6 Å². The van der Waals surface area contributed by atoms with E-state index < -0.39 is 0 Å². The van der Waals surface area contributed by atoms with Gasteiger partial charge >= 0.3 is 0 Å². The first-order chi connectivity index (χ1) is 12.2. The maximum absolute atomic E-state index is 11.3. The molecule has 0 atom stereocenters. The lowest BCUT2D eigenvalue weighted by atomic mass is 10.0. The standard InChI is InChI=1S/C21H19N3O/c1-3-24-20-8-7-16(12-19(20)18-9-10-22-13-21(18)24)15-5-4-6-17(11-15)23-14(2)25/h4-13H,3H2,1-2H3,(H,23,25). The first-order valence-electron chi connectivity index (χ1n) is 8.41.